The molecule has 0 aromatic heterocycles. The number of likely N-dealkylation sites (N-methyl/N-ethyl adjacent to an activating group) is 1. The van der Waals surface area contributed by atoms with Crippen molar-refractivity contribution in [2.45, 2.75) is 18.4 Å². The molecule has 0 heterocycles. The minimum atomic E-state index is -0.518. The van der Waals surface area contributed by atoms with Crippen LogP contribution in [-0.4, -0.2) is 19.2 Å². The van der Waals surface area contributed by atoms with Gasteiger partial charge in [-0.3, -0.25) is 5.32 Å². The van der Waals surface area contributed by atoms with Crippen molar-refractivity contribution in [3.63, 3.8) is 0 Å². The molecule has 1 aromatic carbocycles. The maximum Gasteiger partial charge on any atom is 0.143 e. The molecule has 1 atom stereocenters. The van der Waals surface area contributed by atoms with Gasteiger partial charge in [0.2, 0.25) is 0 Å². The lowest BCUT2D eigenvalue weighted by Crippen LogP contribution is -2.49. The van der Waals surface area contributed by atoms with Crippen LogP contribution in [0.4, 0.5) is 0 Å². The number of nitrogens with zero attached hydrogens (tertiary/aromatic N) is 1. The summed E-state index contributed by atoms with van der Waals surface area (Å²) >= 11 is 0. The van der Waals surface area contributed by atoms with E-state index in [9.17, 15) is 5.26 Å². The summed E-state index contributed by atoms with van der Waals surface area (Å²) in [5.74, 6) is 1.25. The molecule has 1 unspecified atom stereocenters. The second-order valence-electron chi connectivity index (χ2n) is 4.21. The summed E-state index contributed by atoms with van der Waals surface area (Å²) in [4.78, 5) is 0. The summed E-state index contributed by atoms with van der Waals surface area (Å²) in [6.07, 6.45) is 2.24. The van der Waals surface area contributed by atoms with Crippen LogP contribution in [0.5, 0.6) is 5.75 Å². The zero-order valence-corrected chi connectivity index (χ0v) is 9.44. The molecule has 1 aliphatic rings. The van der Waals surface area contributed by atoms with Crippen molar-refractivity contribution in [1.82, 2.24) is 5.32 Å². The molecule has 2 rings (SSSR count). The number of rotatable bonds is 5. The lowest BCUT2D eigenvalue weighted by atomic mass is 9.96. The van der Waals surface area contributed by atoms with Crippen molar-refractivity contribution >= 4 is 0 Å². The van der Waals surface area contributed by atoms with Gasteiger partial charge in [0.1, 0.15) is 17.9 Å². The van der Waals surface area contributed by atoms with E-state index in [1.54, 1.807) is 0 Å². The van der Waals surface area contributed by atoms with Gasteiger partial charge in [-0.15, -0.1) is 0 Å². The van der Waals surface area contributed by atoms with E-state index < -0.39 is 5.54 Å². The number of para-hydroxylation sites is 1. The summed E-state index contributed by atoms with van der Waals surface area (Å²) in [5.41, 5.74) is -0.518. The summed E-state index contributed by atoms with van der Waals surface area (Å²) in [6.45, 7) is 0.411. The first-order valence-electron chi connectivity index (χ1n) is 5.59. The van der Waals surface area contributed by atoms with Gasteiger partial charge >= 0.3 is 0 Å². The van der Waals surface area contributed by atoms with E-state index in [0.29, 0.717) is 12.5 Å². The van der Waals surface area contributed by atoms with E-state index >= 15 is 0 Å². The number of nitrogens with one attached hydrogen (secondary N) is 1. The fourth-order valence-electron chi connectivity index (χ4n) is 1.86. The molecule has 0 amide bonds. The highest BCUT2D eigenvalue weighted by atomic mass is 16.5. The molecule has 0 bridgehead atoms. The van der Waals surface area contributed by atoms with E-state index in [-0.39, 0.29) is 0 Å². The highest BCUT2D eigenvalue weighted by Crippen LogP contribution is 2.39. The fraction of sp³-hybridized carbons (Fsp3) is 0.462. The molecule has 1 aliphatic carbocycles. The Morgan fingerprint density at radius 3 is 2.62 bits per heavy atom. The molecule has 16 heavy (non-hydrogen) atoms. The molecule has 3 nitrogen and oxygen atoms in total. The lowest BCUT2D eigenvalue weighted by Gasteiger charge is -2.25. The van der Waals surface area contributed by atoms with Gasteiger partial charge in [0.25, 0.3) is 0 Å². The van der Waals surface area contributed by atoms with Gasteiger partial charge in [0, 0.05) is 0 Å². The first-order chi connectivity index (χ1) is 7.80. The van der Waals surface area contributed by atoms with E-state index in [0.717, 1.165) is 18.6 Å². The normalized spacial score (nSPS) is 18.5. The summed E-state index contributed by atoms with van der Waals surface area (Å²) in [7, 11) is 1.83. The van der Waals surface area contributed by atoms with Crippen LogP contribution in [0.1, 0.15) is 12.8 Å². The maximum atomic E-state index is 9.27. The molecule has 0 aliphatic heterocycles. The predicted molar refractivity (Wildman–Crippen MR) is 62.1 cm³/mol. The van der Waals surface area contributed by atoms with E-state index in [1.165, 1.54) is 0 Å². The molecule has 0 spiro atoms. The number of benzene rings is 1. The molecule has 1 fully saturated rings. The quantitative estimate of drug-likeness (QED) is 0.818. The molecule has 3 heteroatoms. The SMILES string of the molecule is CNC(C#N)(COc1ccccc1)C1CC1. The fourth-order valence-corrected chi connectivity index (χ4v) is 1.86. The molecular formula is C13H16N2O. The Morgan fingerprint density at radius 1 is 1.44 bits per heavy atom. The van der Waals surface area contributed by atoms with Gasteiger partial charge in [-0.2, -0.15) is 5.26 Å². The monoisotopic (exact) mass is 216 g/mol. The zero-order chi connectivity index (χ0) is 11.4. The van der Waals surface area contributed by atoms with Crippen LogP contribution < -0.4 is 10.1 Å². The van der Waals surface area contributed by atoms with Crippen molar-refractivity contribution in [2.75, 3.05) is 13.7 Å². The largest absolute Gasteiger partial charge is 0.491 e. The van der Waals surface area contributed by atoms with Gasteiger partial charge in [-0.25, -0.2) is 0 Å². The second kappa shape index (κ2) is 4.54. The molecule has 0 saturated heterocycles. The van der Waals surface area contributed by atoms with E-state index in [1.807, 2.05) is 37.4 Å². The third-order valence-corrected chi connectivity index (χ3v) is 3.13. The minimum absolute atomic E-state index is 0.411. The standard InChI is InChI=1S/C13H16N2O/c1-15-13(9-14,11-7-8-11)10-16-12-5-3-2-4-6-12/h2-6,11,15H,7-8,10H2,1H3. The molecule has 1 N–H and O–H groups in total. The topological polar surface area (TPSA) is 45.0 Å². The van der Waals surface area contributed by atoms with Crippen LogP contribution in [-0.2, 0) is 0 Å². The highest BCUT2D eigenvalue weighted by Gasteiger charge is 2.45. The third-order valence-electron chi connectivity index (χ3n) is 3.13. The van der Waals surface area contributed by atoms with Crippen molar-refractivity contribution in [3.8, 4) is 11.8 Å². The summed E-state index contributed by atoms with van der Waals surface area (Å²) < 4.78 is 5.67. The second-order valence-corrected chi connectivity index (χ2v) is 4.21. The first-order valence-corrected chi connectivity index (χ1v) is 5.59. The van der Waals surface area contributed by atoms with Crippen LogP contribution in [0, 0.1) is 17.2 Å². The maximum absolute atomic E-state index is 9.27. The van der Waals surface area contributed by atoms with E-state index in [2.05, 4.69) is 11.4 Å². The van der Waals surface area contributed by atoms with Crippen LogP contribution in [0.2, 0.25) is 0 Å². The highest BCUT2D eigenvalue weighted by molar-refractivity contribution is 5.23. The van der Waals surface area contributed by atoms with Crippen LogP contribution in [0.3, 0.4) is 0 Å². The Bertz CT molecular complexity index is 381. The molecular weight excluding hydrogens is 200 g/mol. The minimum Gasteiger partial charge on any atom is -0.491 e. The van der Waals surface area contributed by atoms with Crippen LogP contribution >= 0.6 is 0 Å². The third kappa shape index (κ3) is 2.17. The Labute approximate surface area is 96.0 Å². The number of hydrogen-bond acceptors (Lipinski definition) is 3. The van der Waals surface area contributed by atoms with Gasteiger partial charge in [-0.1, -0.05) is 18.2 Å². The molecule has 0 radical (unpaired) electrons. The Balaban J connectivity index is 2.00. The molecule has 1 aromatic rings. The van der Waals surface area contributed by atoms with Crippen LogP contribution in [0.15, 0.2) is 30.3 Å². The van der Waals surface area contributed by atoms with Crippen LogP contribution in [0.25, 0.3) is 0 Å². The predicted octanol–water partition coefficient (Wildman–Crippen LogP) is 1.96. The van der Waals surface area contributed by atoms with E-state index in [4.69, 9.17) is 4.74 Å². The van der Waals surface area contributed by atoms with Gasteiger partial charge in [0.15, 0.2) is 0 Å². The Hall–Kier alpha value is -1.53. The molecule has 84 valence electrons. The average Bonchev–Trinajstić information content (AvgIpc) is 3.17. The summed E-state index contributed by atoms with van der Waals surface area (Å²) in [5, 5.41) is 12.4. The van der Waals surface area contributed by atoms with Crippen molar-refractivity contribution in [1.29, 1.82) is 5.26 Å². The van der Waals surface area contributed by atoms with Gasteiger partial charge in [0.05, 0.1) is 6.07 Å². The number of nitriles is 1. The first kappa shape index (κ1) is 11.0. The number of hydrogen-bond donors (Lipinski definition) is 1. The smallest absolute Gasteiger partial charge is 0.143 e. The lowest BCUT2D eigenvalue weighted by molar-refractivity contribution is 0.211. The molecule has 1 saturated carbocycles. The average molecular weight is 216 g/mol. The number of ether oxygens (including phenoxy) is 1. The van der Waals surface area contributed by atoms with Crippen molar-refractivity contribution < 1.29 is 4.74 Å². The van der Waals surface area contributed by atoms with Gasteiger partial charge in [-0.05, 0) is 37.9 Å². The van der Waals surface area contributed by atoms with Gasteiger partial charge < -0.3 is 4.74 Å². The Morgan fingerprint density at radius 2 is 2.12 bits per heavy atom. The summed E-state index contributed by atoms with van der Waals surface area (Å²) in [6, 6.07) is 12.0. The Kier molecular flexibility index (Phi) is 3.12. The van der Waals surface area contributed by atoms with Crippen molar-refractivity contribution in [3.05, 3.63) is 30.3 Å². The van der Waals surface area contributed by atoms with Crippen molar-refractivity contribution in [2.24, 2.45) is 5.92 Å². The zero-order valence-electron chi connectivity index (χ0n) is 9.44.